The van der Waals surface area contributed by atoms with E-state index in [0.717, 1.165) is 12.0 Å². The van der Waals surface area contributed by atoms with E-state index in [1.807, 2.05) is 37.3 Å². The Morgan fingerprint density at radius 2 is 1.96 bits per heavy atom. The summed E-state index contributed by atoms with van der Waals surface area (Å²) in [5.74, 6) is -0.707. The molecule has 6 nitrogen and oxygen atoms in total. The van der Waals surface area contributed by atoms with Gasteiger partial charge < -0.3 is 9.84 Å². The molecule has 0 aliphatic rings. The number of hydrogen-bond acceptors (Lipinski definition) is 5. The first-order valence-electron chi connectivity index (χ1n) is 8.58. The van der Waals surface area contributed by atoms with E-state index in [4.69, 9.17) is 9.84 Å². The monoisotopic (exact) mass is 376 g/mol. The van der Waals surface area contributed by atoms with Gasteiger partial charge in [0.1, 0.15) is 6.61 Å². The molecule has 2 aromatic rings. The van der Waals surface area contributed by atoms with Crippen LogP contribution < -0.4 is 4.90 Å². The molecule has 1 N–H and O–H groups in total. The maximum Gasteiger partial charge on any atom is 0.416 e. The quantitative estimate of drug-likeness (QED) is 0.741. The van der Waals surface area contributed by atoms with Gasteiger partial charge in [-0.05, 0) is 18.4 Å². The van der Waals surface area contributed by atoms with Crippen LogP contribution in [-0.4, -0.2) is 28.2 Å². The molecule has 26 heavy (non-hydrogen) atoms. The Morgan fingerprint density at radius 1 is 1.27 bits per heavy atom. The number of anilines is 1. The molecular formula is C19H24N2O4S. The molecule has 0 saturated carbocycles. The van der Waals surface area contributed by atoms with Crippen LogP contribution in [0.15, 0.2) is 35.7 Å². The number of amides is 1. The number of hydrogen-bond donors (Lipinski definition) is 1. The Bertz CT molecular complexity index is 732. The molecule has 2 rings (SSSR count). The molecule has 0 spiro atoms. The summed E-state index contributed by atoms with van der Waals surface area (Å²) in [6.07, 6.45) is 0.260. The lowest BCUT2D eigenvalue weighted by molar-refractivity contribution is -0.136. The summed E-state index contributed by atoms with van der Waals surface area (Å²) < 4.78 is 5.49. The average molecular weight is 376 g/mol. The summed E-state index contributed by atoms with van der Waals surface area (Å²) in [6, 6.07) is 9.35. The van der Waals surface area contributed by atoms with Crippen molar-refractivity contribution in [2.75, 3.05) is 4.90 Å². The van der Waals surface area contributed by atoms with Crippen LogP contribution in [-0.2, 0) is 22.6 Å². The highest BCUT2D eigenvalue weighted by atomic mass is 32.1. The zero-order valence-electron chi connectivity index (χ0n) is 15.2. The smallest absolute Gasteiger partial charge is 0.416 e. The van der Waals surface area contributed by atoms with Gasteiger partial charge >= 0.3 is 12.1 Å². The van der Waals surface area contributed by atoms with Gasteiger partial charge in [-0.2, -0.15) is 0 Å². The van der Waals surface area contributed by atoms with Gasteiger partial charge in [0.05, 0.1) is 12.1 Å². The Labute approximate surface area is 157 Å². The maximum atomic E-state index is 12.8. The number of ether oxygens (including phenoxy) is 1. The minimum absolute atomic E-state index is 0.118. The number of carboxylic acid groups (broad SMARTS) is 1. The molecular weight excluding hydrogens is 352 g/mol. The molecule has 2 unspecified atom stereocenters. The predicted molar refractivity (Wildman–Crippen MR) is 101 cm³/mol. The molecule has 0 aliphatic carbocycles. The zero-order chi connectivity index (χ0) is 19.1. The number of benzene rings is 1. The van der Waals surface area contributed by atoms with Crippen LogP contribution in [0.25, 0.3) is 0 Å². The minimum atomic E-state index is -0.949. The Morgan fingerprint density at radius 3 is 2.58 bits per heavy atom. The van der Waals surface area contributed by atoms with Gasteiger partial charge in [0, 0.05) is 11.4 Å². The van der Waals surface area contributed by atoms with Gasteiger partial charge in [-0.25, -0.2) is 14.7 Å². The van der Waals surface area contributed by atoms with Crippen LogP contribution in [0.5, 0.6) is 0 Å². The highest BCUT2D eigenvalue weighted by Crippen LogP contribution is 2.27. The molecule has 1 aromatic carbocycles. The van der Waals surface area contributed by atoms with Crippen molar-refractivity contribution in [3.63, 3.8) is 0 Å². The van der Waals surface area contributed by atoms with Crippen molar-refractivity contribution in [1.29, 1.82) is 0 Å². The average Bonchev–Trinajstić information content (AvgIpc) is 3.07. The largest absolute Gasteiger partial charge is 0.481 e. The third kappa shape index (κ3) is 5.29. The van der Waals surface area contributed by atoms with Crippen molar-refractivity contribution in [2.45, 2.75) is 46.3 Å². The first-order chi connectivity index (χ1) is 12.4. The van der Waals surface area contributed by atoms with Gasteiger partial charge in [0.15, 0.2) is 5.13 Å². The van der Waals surface area contributed by atoms with E-state index in [9.17, 15) is 9.59 Å². The van der Waals surface area contributed by atoms with E-state index >= 15 is 0 Å². The molecule has 0 bridgehead atoms. The van der Waals surface area contributed by atoms with Crippen molar-refractivity contribution >= 4 is 28.5 Å². The molecule has 1 heterocycles. The van der Waals surface area contributed by atoms with Crippen molar-refractivity contribution in [3.8, 4) is 0 Å². The van der Waals surface area contributed by atoms with Crippen LogP contribution >= 0.6 is 11.3 Å². The number of rotatable bonds is 8. The van der Waals surface area contributed by atoms with Gasteiger partial charge in [-0.1, -0.05) is 50.6 Å². The molecule has 0 saturated heterocycles. The van der Waals surface area contributed by atoms with Crippen LogP contribution in [0.4, 0.5) is 9.93 Å². The second kappa shape index (κ2) is 9.33. The van der Waals surface area contributed by atoms with Gasteiger partial charge in [-0.15, -0.1) is 11.3 Å². The summed E-state index contributed by atoms with van der Waals surface area (Å²) in [6.45, 7) is 6.26. The first kappa shape index (κ1) is 19.9. The summed E-state index contributed by atoms with van der Waals surface area (Å²) in [4.78, 5) is 29.5. The zero-order valence-corrected chi connectivity index (χ0v) is 16.0. The van der Waals surface area contributed by atoms with Gasteiger partial charge in [0.2, 0.25) is 0 Å². The lowest BCUT2D eigenvalue weighted by atomic mass is 10.00. The highest BCUT2D eigenvalue weighted by molar-refractivity contribution is 7.14. The molecule has 1 amide bonds. The van der Waals surface area contributed by atoms with Crippen LogP contribution in [0, 0.1) is 5.92 Å². The number of carbonyl (C=O) groups excluding carboxylic acids is 1. The number of aliphatic carboxylic acids is 1. The van der Waals surface area contributed by atoms with Crippen LogP contribution in [0.3, 0.4) is 0 Å². The maximum absolute atomic E-state index is 12.8. The van der Waals surface area contributed by atoms with E-state index in [1.54, 1.807) is 5.38 Å². The summed E-state index contributed by atoms with van der Waals surface area (Å²) in [5, 5.41) is 11.1. The van der Waals surface area contributed by atoms with E-state index < -0.39 is 12.1 Å². The van der Waals surface area contributed by atoms with E-state index in [1.165, 1.54) is 16.2 Å². The summed E-state index contributed by atoms with van der Waals surface area (Å²) >= 11 is 1.26. The molecule has 0 fully saturated rings. The van der Waals surface area contributed by atoms with Crippen LogP contribution in [0.1, 0.15) is 38.4 Å². The normalized spacial score (nSPS) is 13.0. The van der Waals surface area contributed by atoms with Crippen LogP contribution in [0.2, 0.25) is 0 Å². The Hall–Kier alpha value is -2.41. The van der Waals surface area contributed by atoms with Crippen molar-refractivity contribution in [1.82, 2.24) is 4.98 Å². The van der Waals surface area contributed by atoms with E-state index in [0.29, 0.717) is 10.8 Å². The highest BCUT2D eigenvalue weighted by Gasteiger charge is 2.29. The number of carboxylic acids is 1. The van der Waals surface area contributed by atoms with Gasteiger partial charge in [0.25, 0.3) is 0 Å². The fraction of sp³-hybridized carbons (Fsp3) is 0.421. The molecule has 1 aromatic heterocycles. The Balaban J connectivity index is 2.18. The van der Waals surface area contributed by atoms with Crippen molar-refractivity contribution in [3.05, 3.63) is 47.0 Å². The second-order valence-electron chi connectivity index (χ2n) is 6.23. The number of carbonyl (C=O) groups is 2. The third-order valence-corrected chi connectivity index (χ3v) is 5.24. The number of aromatic nitrogens is 1. The predicted octanol–water partition coefficient (Wildman–Crippen LogP) is 4.35. The molecule has 0 aliphatic heterocycles. The summed E-state index contributed by atoms with van der Waals surface area (Å²) in [5.41, 5.74) is 1.34. The second-order valence-corrected chi connectivity index (χ2v) is 7.06. The SMILES string of the molecule is CCC(C)C(C)N(C(=O)OCc1ccccc1)c1nc(CC(=O)O)cs1. The third-order valence-electron chi connectivity index (χ3n) is 4.35. The van der Waals surface area contributed by atoms with E-state index in [2.05, 4.69) is 18.8 Å². The fourth-order valence-electron chi connectivity index (χ4n) is 2.45. The van der Waals surface area contributed by atoms with E-state index in [-0.39, 0.29) is 25.0 Å². The lowest BCUT2D eigenvalue weighted by Gasteiger charge is -2.30. The molecule has 2 atom stereocenters. The standard InChI is InChI=1S/C19H24N2O4S/c1-4-13(2)14(3)21(18-20-16(12-26-18)10-17(22)23)19(24)25-11-15-8-6-5-7-9-15/h5-9,12-14H,4,10-11H2,1-3H3,(H,22,23). The lowest BCUT2D eigenvalue weighted by Crippen LogP contribution is -2.42. The first-order valence-corrected chi connectivity index (χ1v) is 9.46. The van der Waals surface area contributed by atoms with Gasteiger partial charge in [-0.3, -0.25) is 4.79 Å². The number of thiazole rings is 1. The minimum Gasteiger partial charge on any atom is -0.481 e. The molecule has 0 radical (unpaired) electrons. The van der Waals surface area contributed by atoms with Crippen molar-refractivity contribution in [2.24, 2.45) is 5.92 Å². The summed E-state index contributed by atoms with van der Waals surface area (Å²) in [7, 11) is 0. The molecule has 140 valence electrons. The number of nitrogens with zero attached hydrogens (tertiary/aromatic N) is 2. The van der Waals surface area contributed by atoms with Crippen molar-refractivity contribution < 1.29 is 19.4 Å². The fourth-order valence-corrected chi connectivity index (χ4v) is 3.35. The topological polar surface area (TPSA) is 79.7 Å². The Kier molecular flexibility index (Phi) is 7.15. The molecule has 7 heteroatoms.